The summed E-state index contributed by atoms with van der Waals surface area (Å²) in [5.74, 6) is -0.381. The van der Waals surface area contributed by atoms with Crippen LogP contribution < -0.4 is 4.90 Å². The molecule has 0 atom stereocenters. The van der Waals surface area contributed by atoms with Crippen LogP contribution in [0.15, 0.2) is 0 Å². The second-order valence-electron chi connectivity index (χ2n) is 3.94. The standard InChI is InChI=1S/C12H14N2O3S.C2H6/c1-8-9(7-13)11(14-3-5-17-6-4-14)18-10(8)12(15)16-2;1-2/h3-6H2,1-2H3;1-2H3. The summed E-state index contributed by atoms with van der Waals surface area (Å²) >= 11 is 1.32. The Morgan fingerprint density at radius 1 is 1.40 bits per heavy atom. The number of morpholine rings is 1. The largest absolute Gasteiger partial charge is 0.465 e. The molecule has 1 fully saturated rings. The SMILES string of the molecule is CC.COC(=O)c1sc(N2CCOCC2)c(C#N)c1C. The lowest BCUT2D eigenvalue weighted by Gasteiger charge is -2.27. The van der Waals surface area contributed by atoms with Gasteiger partial charge in [0.1, 0.15) is 15.9 Å². The molecule has 110 valence electrons. The fourth-order valence-corrected chi connectivity index (χ4v) is 3.13. The number of carbonyl (C=O) groups excluding carboxylic acids is 1. The van der Waals surface area contributed by atoms with Crippen LogP contribution in [0.4, 0.5) is 5.00 Å². The van der Waals surface area contributed by atoms with Crippen LogP contribution in [0.5, 0.6) is 0 Å². The lowest BCUT2D eigenvalue weighted by atomic mass is 10.1. The van der Waals surface area contributed by atoms with Gasteiger partial charge >= 0.3 is 5.97 Å². The number of nitriles is 1. The molecule has 0 aliphatic carbocycles. The Balaban J connectivity index is 0.000000956. The summed E-state index contributed by atoms with van der Waals surface area (Å²) in [4.78, 5) is 14.2. The highest BCUT2D eigenvalue weighted by atomic mass is 32.1. The van der Waals surface area contributed by atoms with Crippen molar-refractivity contribution in [1.29, 1.82) is 5.26 Å². The van der Waals surface area contributed by atoms with E-state index in [-0.39, 0.29) is 5.97 Å². The molecule has 0 unspecified atom stereocenters. The number of rotatable bonds is 2. The molecule has 2 rings (SSSR count). The average molecular weight is 296 g/mol. The van der Waals surface area contributed by atoms with Gasteiger partial charge in [0.2, 0.25) is 0 Å². The molecule has 1 aromatic rings. The van der Waals surface area contributed by atoms with Crippen molar-refractivity contribution in [2.45, 2.75) is 20.8 Å². The number of methoxy groups -OCH3 is 1. The maximum atomic E-state index is 11.6. The summed E-state index contributed by atoms with van der Waals surface area (Å²) in [6.07, 6.45) is 0. The molecular weight excluding hydrogens is 276 g/mol. The summed E-state index contributed by atoms with van der Waals surface area (Å²) in [6, 6.07) is 2.18. The van der Waals surface area contributed by atoms with Crippen molar-refractivity contribution in [3.05, 3.63) is 16.0 Å². The van der Waals surface area contributed by atoms with Crippen LogP contribution in [0, 0.1) is 18.3 Å². The Hall–Kier alpha value is -1.58. The number of ether oxygens (including phenoxy) is 2. The van der Waals surface area contributed by atoms with Crippen molar-refractivity contribution >= 4 is 22.3 Å². The Morgan fingerprint density at radius 2 is 2.00 bits per heavy atom. The number of hydrogen-bond acceptors (Lipinski definition) is 6. The Bertz CT molecular complexity index is 499. The first-order valence-corrected chi connectivity index (χ1v) is 7.45. The number of nitrogens with zero attached hydrogens (tertiary/aromatic N) is 2. The fraction of sp³-hybridized carbons (Fsp3) is 0.571. The van der Waals surface area contributed by atoms with E-state index in [4.69, 9.17) is 9.47 Å². The van der Waals surface area contributed by atoms with Gasteiger partial charge in [0, 0.05) is 13.1 Å². The highest BCUT2D eigenvalue weighted by Crippen LogP contribution is 2.36. The summed E-state index contributed by atoms with van der Waals surface area (Å²) in [5, 5.41) is 10.1. The maximum absolute atomic E-state index is 11.6. The van der Waals surface area contributed by atoms with Gasteiger partial charge in [-0.2, -0.15) is 5.26 Å². The van der Waals surface area contributed by atoms with Crippen LogP contribution >= 0.6 is 11.3 Å². The molecule has 1 aliphatic rings. The van der Waals surface area contributed by atoms with Crippen molar-refractivity contribution in [3.8, 4) is 6.07 Å². The van der Waals surface area contributed by atoms with Gasteiger partial charge in [-0.1, -0.05) is 13.8 Å². The van der Waals surface area contributed by atoms with Crippen LogP contribution in [0.1, 0.15) is 34.6 Å². The molecule has 5 nitrogen and oxygen atoms in total. The Morgan fingerprint density at radius 3 is 2.50 bits per heavy atom. The third-order valence-corrected chi connectivity index (χ3v) is 4.24. The minimum absolute atomic E-state index is 0.381. The van der Waals surface area contributed by atoms with Crippen LogP contribution in [0.2, 0.25) is 0 Å². The van der Waals surface area contributed by atoms with Gasteiger partial charge in [-0.15, -0.1) is 11.3 Å². The molecule has 6 heteroatoms. The van der Waals surface area contributed by atoms with E-state index in [0.717, 1.165) is 18.1 Å². The van der Waals surface area contributed by atoms with Crippen molar-refractivity contribution in [1.82, 2.24) is 0 Å². The van der Waals surface area contributed by atoms with Crippen LogP contribution in [0.25, 0.3) is 0 Å². The van der Waals surface area contributed by atoms with Crippen molar-refractivity contribution in [2.24, 2.45) is 0 Å². The maximum Gasteiger partial charge on any atom is 0.348 e. The number of esters is 1. The molecule has 1 aromatic heterocycles. The van der Waals surface area contributed by atoms with Gasteiger partial charge in [0.05, 0.1) is 25.9 Å². The fourth-order valence-electron chi connectivity index (χ4n) is 1.91. The first kappa shape index (κ1) is 16.5. The van der Waals surface area contributed by atoms with E-state index in [1.807, 2.05) is 13.8 Å². The predicted molar refractivity (Wildman–Crippen MR) is 79.5 cm³/mol. The third kappa shape index (κ3) is 3.30. The number of hydrogen-bond donors (Lipinski definition) is 0. The molecule has 0 bridgehead atoms. The van der Waals surface area contributed by atoms with E-state index >= 15 is 0 Å². The number of carbonyl (C=O) groups is 1. The summed E-state index contributed by atoms with van der Waals surface area (Å²) in [7, 11) is 1.35. The minimum Gasteiger partial charge on any atom is -0.465 e. The van der Waals surface area contributed by atoms with E-state index in [0.29, 0.717) is 29.2 Å². The van der Waals surface area contributed by atoms with Crippen LogP contribution in [0.3, 0.4) is 0 Å². The van der Waals surface area contributed by atoms with Gasteiger partial charge in [-0.25, -0.2) is 4.79 Å². The quantitative estimate of drug-likeness (QED) is 0.785. The third-order valence-electron chi connectivity index (χ3n) is 2.91. The van der Waals surface area contributed by atoms with Gasteiger partial charge in [0.25, 0.3) is 0 Å². The first-order valence-electron chi connectivity index (χ1n) is 6.63. The highest BCUT2D eigenvalue weighted by Gasteiger charge is 2.24. The predicted octanol–water partition coefficient (Wildman–Crippen LogP) is 2.58. The zero-order valence-corrected chi connectivity index (χ0v) is 13.2. The molecule has 1 aliphatic heterocycles. The molecule has 2 heterocycles. The first-order chi connectivity index (χ1) is 9.69. The summed E-state index contributed by atoms with van der Waals surface area (Å²) in [6.45, 7) is 8.57. The van der Waals surface area contributed by atoms with Gasteiger partial charge in [-0.05, 0) is 12.5 Å². The molecule has 0 radical (unpaired) electrons. The molecule has 0 spiro atoms. The second kappa shape index (κ2) is 7.88. The highest BCUT2D eigenvalue weighted by molar-refractivity contribution is 7.18. The van der Waals surface area contributed by atoms with E-state index in [1.54, 1.807) is 6.92 Å². The molecular formula is C14H20N2O3S. The van der Waals surface area contributed by atoms with E-state index in [1.165, 1.54) is 18.4 Å². The smallest absolute Gasteiger partial charge is 0.348 e. The van der Waals surface area contributed by atoms with Crippen molar-refractivity contribution < 1.29 is 14.3 Å². The molecule has 0 aromatic carbocycles. The van der Waals surface area contributed by atoms with Crippen LogP contribution in [-0.2, 0) is 9.47 Å². The average Bonchev–Trinajstić information content (AvgIpc) is 2.86. The van der Waals surface area contributed by atoms with Gasteiger partial charge in [-0.3, -0.25) is 0 Å². The lowest BCUT2D eigenvalue weighted by molar-refractivity contribution is 0.0605. The monoisotopic (exact) mass is 296 g/mol. The van der Waals surface area contributed by atoms with Crippen molar-refractivity contribution in [2.75, 3.05) is 38.3 Å². The molecule has 0 amide bonds. The van der Waals surface area contributed by atoms with Crippen molar-refractivity contribution in [3.63, 3.8) is 0 Å². The molecule has 0 N–H and O–H groups in total. The second-order valence-corrected chi connectivity index (χ2v) is 4.94. The van der Waals surface area contributed by atoms with Crippen LogP contribution in [-0.4, -0.2) is 39.4 Å². The molecule has 0 saturated carbocycles. The summed E-state index contributed by atoms with van der Waals surface area (Å²) in [5.41, 5.74) is 1.28. The van der Waals surface area contributed by atoms with Gasteiger partial charge in [0.15, 0.2) is 0 Å². The minimum atomic E-state index is -0.381. The normalized spacial score (nSPS) is 14.1. The van der Waals surface area contributed by atoms with E-state index in [9.17, 15) is 10.1 Å². The zero-order chi connectivity index (χ0) is 15.1. The number of anilines is 1. The topological polar surface area (TPSA) is 62.6 Å². The Kier molecular flexibility index (Phi) is 6.49. The van der Waals surface area contributed by atoms with E-state index in [2.05, 4.69) is 11.0 Å². The lowest BCUT2D eigenvalue weighted by Crippen LogP contribution is -2.36. The molecule has 1 saturated heterocycles. The van der Waals surface area contributed by atoms with E-state index < -0.39 is 0 Å². The zero-order valence-electron chi connectivity index (χ0n) is 12.4. The summed E-state index contributed by atoms with van der Waals surface area (Å²) < 4.78 is 10.0. The van der Waals surface area contributed by atoms with Gasteiger partial charge < -0.3 is 14.4 Å². The Labute approximate surface area is 123 Å². The number of thiophene rings is 1. The molecule has 20 heavy (non-hydrogen) atoms.